The van der Waals surface area contributed by atoms with Gasteiger partial charge in [-0.1, -0.05) is 23.3 Å². The number of nitrogens with zero attached hydrogens (tertiary/aromatic N) is 4. The molecule has 0 fully saturated rings. The van der Waals surface area contributed by atoms with Crippen molar-refractivity contribution in [2.75, 3.05) is 4.90 Å². The molecule has 0 atom stereocenters. The quantitative estimate of drug-likeness (QED) is 0.352. The lowest BCUT2D eigenvalue weighted by molar-refractivity contribution is 0.256. The van der Waals surface area contributed by atoms with E-state index in [-0.39, 0.29) is 17.1 Å². The second-order valence-corrected chi connectivity index (χ2v) is 5.15. The molecule has 21 heavy (non-hydrogen) atoms. The number of anilines is 2. The predicted octanol–water partition coefficient (Wildman–Crippen LogP) is 4.16. The fraction of sp³-hybridized carbons (Fsp3) is 0. The molecule has 0 bridgehead atoms. The van der Waals surface area contributed by atoms with Crippen LogP contribution in [0.5, 0.6) is 5.75 Å². The van der Waals surface area contributed by atoms with Crippen LogP contribution in [0.4, 0.5) is 21.9 Å². The summed E-state index contributed by atoms with van der Waals surface area (Å²) >= 11 is 2.07. The Morgan fingerprint density at radius 1 is 1.29 bits per heavy atom. The first kappa shape index (κ1) is 14.9. The molecule has 0 aliphatic rings. The average molecular weight is 395 g/mol. The Hall–Kier alpha value is -2.45. The van der Waals surface area contributed by atoms with Crippen LogP contribution >= 0.6 is 22.6 Å². The molecule has 2 aromatic carbocycles. The number of azide groups is 1. The van der Waals surface area contributed by atoms with E-state index in [9.17, 15) is 9.90 Å². The van der Waals surface area contributed by atoms with Gasteiger partial charge in [-0.3, -0.25) is 4.90 Å². The summed E-state index contributed by atoms with van der Waals surface area (Å²) in [6, 6.07) is 10.6. The molecular formula is C13H10IN5O2. The van der Waals surface area contributed by atoms with Gasteiger partial charge in [0.2, 0.25) is 0 Å². The van der Waals surface area contributed by atoms with E-state index in [0.29, 0.717) is 5.69 Å². The van der Waals surface area contributed by atoms with Crippen LogP contribution in [0.2, 0.25) is 0 Å². The van der Waals surface area contributed by atoms with Crippen molar-refractivity contribution in [3.8, 4) is 5.75 Å². The first-order valence-corrected chi connectivity index (χ1v) is 6.84. The van der Waals surface area contributed by atoms with E-state index in [1.807, 2.05) is 12.1 Å². The molecule has 0 saturated heterocycles. The highest BCUT2D eigenvalue weighted by atomic mass is 127. The summed E-state index contributed by atoms with van der Waals surface area (Å²) in [5, 5.41) is 13.4. The zero-order chi connectivity index (χ0) is 15.4. The van der Waals surface area contributed by atoms with E-state index in [1.54, 1.807) is 12.1 Å². The molecule has 3 N–H and O–H groups in total. The van der Waals surface area contributed by atoms with E-state index in [0.717, 1.165) is 3.57 Å². The number of phenolic OH excluding ortho intramolecular Hbond substituents is 1. The summed E-state index contributed by atoms with van der Waals surface area (Å²) in [6.45, 7) is 0. The normalized spacial score (nSPS) is 9.76. The summed E-state index contributed by atoms with van der Waals surface area (Å²) in [6.07, 6.45) is 0. The maximum absolute atomic E-state index is 11.8. The molecule has 7 nitrogen and oxygen atoms in total. The molecule has 0 unspecified atom stereocenters. The third-order valence-corrected chi connectivity index (χ3v) is 3.59. The van der Waals surface area contributed by atoms with Crippen LogP contribution in [0.25, 0.3) is 10.4 Å². The van der Waals surface area contributed by atoms with Crippen molar-refractivity contribution in [1.29, 1.82) is 0 Å². The number of aromatic hydroxyl groups is 1. The number of carbonyl (C=O) groups is 1. The highest BCUT2D eigenvalue weighted by Gasteiger charge is 2.20. The maximum Gasteiger partial charge on any atom is 0.324 e. The largest absolute Gasteiger partial charge is 0.506 e. The lowest BCUT2D eigenvalue weighted by atomic mass is 10.2. The Labute approximate surface area is 133 Å². The van der Waals surface area contributed by atoms with Gasteiger partial charge in [0.1, 0.15) is 5.75 Å². The SMILES string of the molecule is [N-]=[N+]=Nc1ccc(N(C(N)=O)c2ccccc2I)c(O)c1. The zero-order valence-electron chi connectivity index (χ0n) is 10.6. The van der Waals surface area contributed by atoms with Crippen LogP contribution in [0.3, 0.4) is 0 Å². The van der Waals surface area contributed by atoms with Crippen molar-refractivity contribution in [2.45, 2.75) is 0 Å². The van der Waals surface area contributed by atoms with Gasteiger partial charge in [-0.2, -0.15) is 0 Å². The van der Waals surface area contributed by atoms with Gasteiger partial charge in [0.15, 0.2) is 0 Å². The van der Waals surface area contributed by atoms with Crippen LogP contribution in [-0.2, 0) is 0 Å². The Morgan fingerprint density at radius 3 is 2.57 bits per heavy atom. The highest BCUT2D eigenvalue weighted by molar-refractivity contribution is 14.1. The number of primary amides is 1. The second kappa shape index (κ2) is 6.33. The standard InChI is InChI=1S/C13H10IN5O2/c14-9-3-1-2-4-10(9)19(13(15)21)11-6-5-8(17-18-16)7-12(11)20/h1-7,20H,(H2,15,21). The molecule has 0 heterocycles. The van der Waals surface area contributed by atoms with Gasteiger partial charge in [0.05, 0.1) is 11.4 Å². The van der Waals surface area contributed by atoms with Crippen LogP contribution in [0.1, 0.15) is 0 Å². The predicted molar refractivity (Wildman–Crippen MR) is 87.8 cm³/mol. The molecular weight excluding hydrogens is 385 g/mol. The zero-order valence-corrected chi connectivity index (χ0v) is 12.8. The van der Waals surface area contributed by atoms with Gasteiger partial charge in [-0.25, -0.2) is 4.79 Å². The number of para-hydroxylation sites is 1. The summed E-state index contributed by atoms with van der Waals surface area (Å²) in [4.78, 5) is 15.6. The van der Waals surface area contributed by atoms with Crippen molar-refractivity contribution in [3.05, 3.63) is 56.5 Å². The molecule has 2 amide bonds. The second-order valence-electron chi connectivity index (χ2n) is 3.99. The van der Waals surface area contributed by atoms with Gasteiger partial charge in [-0.05, 0) is 52.4 Å². The molecule has 106 valence electrons. The fourth-order valence-corrected chi connectivity index (χ4v) is 2.44. The number of hydrogen-bond donors (Lipinski definition) is 2. The first-order chi connectivity index (χ1) is 10.0. The molecule has 2 aromatic rings. The molecule has 0 spiro atoms. The van der Waals surface area contributed by atoms with Crippen molar-refractivity contribution in [1.82, 2.24) is 0 Å². The number of hydrogen-bond acceptors (Lipinski definition) is 3. The lowest BCUT2D eigenvalue weighted by Crippen LogP contribution is -2.32. The number of nitrogens with two attached hydrogens (primary N) is 1. The number of halogens is 1. The minimum Gasteiger partial charge on any atom is -0.506 e. The van der Waals surface area contributed by atoms with E-state index in [2.05, 4.69) is 32.6 Å². The van der Waals surface area contributed by atoms with Crippen LogP contribution in [0, 0.1) is 3.57 Å². The summed E-state index contributed by atoms with van der Waals surface area (Å²) in [7, 11) is 0. The minimum atomic E-state index is -0.731. The van der Waals surface area contributed by atoms with Crippen LogP contribution in [0.15, 0.2) is 47.6 Å². The number of urea groups is 1. The smallest absolute Gasteiger partial charge is 0.324 e. The van der Waals surface area contributed by atoms with Crippen molar-refractivity contribution in [2.24, 2.45) is 10.8 Å². The fourth-order valence-electron chi connectivity index (χ4n) is 1.82. The molecule has 8 heteroatoms. The van der Waals surface area contributed by atoms with E-state index in [4.69, 9.17) is 11.3 Å². The lowest BCUT2D eigenvalue weighted by Gasteiger charge is -2.22. The van der Waals surface area contributed by atoms with Gasteiger partial charge in [0, 0.05) is 14.2 Å². The first-order valence-electron chi connectivity index (χ1n) is 5.77. The minimum absolute atomic E-state index is 0.210. The third-order valence-electron chi connectivity index (χ3n) is 2.67. The molecule has 0 aromatic heterocycles. The molecule has 0 aliphatic heterocycles. The molecule has 0 aliphatic carbocycles. The Balaban J connectivity index is 2.57. The van der Waals surface area contributed by atoms with Crippen LogP contribution in [-0.4, -0.2) is 11.1 Å². The Bertz CT molecular complexity index is 743. The highest BCUT2D eigenvalue weighted by Crippen LogP contribution is 2.37. The third kappa shape index (κ3) is 3.18. The number of phenols is 1. The van der Waals surface area contributed by atoms with Gasteiger partial charge in [0.25, 0.3) is 0 Å². The van der Waals surface area contributed by atoms with E-state index in [1.165, 1.54) is 23.1 Å². The maximum atomic E-state index is 11.8. The number of carbonyl (C=O) groups excluding carboxylic acids is 1. The van der Waals surface area contributed by atoms with Gasteiger partial charge < -0.3 is 10.8 Å². The van der Waals surface area contributed by atoms with Crippen LogP contribution < -0.4 is 10.6 Å². The average Bonchev–Trinajstić information content (AvgIpc) is 2.43. The van der Waals surface area contributed by atoms with Crippen molar-refractivity contribution < 1.29 is 9.90 Å². The van der Waals surface area contributed by atoms with Crippen molar-refractivity contribution in [3.63, 3.8) is 0 Å². The molecule has 2 rings (SSSR count). The molecule has 0 radical (unpaired) electrons. The summed E-state index contributed by atoms with van der Waals surface area (Å²) in [5.41, 5.74) is 14.8. The Morgan fingerprint density at radius 2 is 2.00 bits per heavy atom. The topological polar surface area (TPSA) is 115 Å². The number of benzene rings is 2. The monoisotopic (exact) mass is 395 g/mol. The van der Waals surface area contributed by atoms with Gasteiger partial charge in [-0.15, -0.1) is 0 Å². The number of rotatable bonds is 3. The molecule has 0 saturated carbocycles. The van der Waals surface area contributed by atoms with E-state index < -0.39 is 6.03 Å². The summed E-state index contributed by atoms with van der Waals surface area (Å²) in [5.74, 6) is -0.210. The summed E-state index contributed by atoms with van der Waals surface area (Å²) < 4.78 is 0.799. The Kier molecular flexibility index (Phi) is 4.51. The van der Waals surface area contributed by atoms with Gasteiger partial charge >= 0.3 is 6.03 Å². The van der Waals surface area contributed by atoms with E-state index >= 15 is 0 Å². The van der Waals surface area contributed by atoms with Crippen molar-refractivity contribution >= 4 is 45.7 Å². The number of amides is 2.